The van der Waals surface area contributed by atoms with Gasteiger partial charge in [-0.05, 0) is 80.7 Å². The number of carbonyl (C=O) groups is 2. The van der Waals surface area contributed by atoms with Gasteiger partial charge in [-0.25, -0.2) is 8.78 Å². The van der Waals surface area contributed by atoms with Crippen molar-refractivity contribution in [3.05, 3.63) is 70.3 Å². The van der Waals surface area contributed by atoms with E-state index in [0.717, 1.165) is 30.9 Å². The summed E-state index contributed by atoms with van der Waals surface area (Å²) in [6.45, 7) is 12.7. The molecule has 3 aliphatic rings. The van der Waals surface area contributed by atoms with Crippen molar-refractivity contribution in [2.75, 3.05) is 32.7 Å². The Morgan fingerprint density at radius 2 is 1.71 bits per heavy atom. The smallest absolute Gasteiger partial charge is 0.321 e. The van der Waals surface area contributed by atoms with Gasteiger partial charge in [0.25, 0.3) is 0 Å². The van der Waals surface area contributed by atoms with E-state index in [4.69, 9.17) is 0 Å². The number of piperazine rings is 1. The van der Waals surface area contributed by atoms with Crippen LogP contribution >= 0.6 is 0 Å². The molecule has 2 fully saturated rings. The molecule has 5 rings (SSSR count). The van der Waals surface area contributed by atoms with Crippen LogP contribution in [-0.2, 0) is 28.9 Å². The quantitative estimate of drug-likeness (QED) is 0.491. The van der Waals surface area contributed by atoms with Crippen LogP contribution in [0.25, 0.3) is 0 Å². The summed E-state index contributed by atoms with van der Waals surface area (Å²) in [6.07, 6.45) is 3.72. The second-order valence-corrected chi connectivity index (χ2v) is 13.8. The number of carboxylic acid groups (broad SMARTS) is 1. The van der Waals surface area contributed by atoms with E-state index >= 15 is 4.39 Å². The Bertz CT molecular complexity index is 1320. The van der Waals surface area contributed by atoms with E-state index in [1.165, 1.54) is 23.3 Å². The van der Waals surface area contributed by atoms with Crippen molar-refractivity contribution in [1.29, 1.82) is 0 Å². The first-order chi connectivity index (χ1) is 19.8. The minimum absolute atomic E-state index is 0.0284. The molecule has 2 saturated heterocycles. The molecule has 0 radical (unpaired) electrons. The summed E-state index contributed by atoms with van der Waals surface area (Å²) in [6, 6.07) is 9.19. The molecule has 1 N–H and O–H groups in total. The maximum Gasteiger partial charge on any atom is 0.321 e. The van der Waals surface area contributed by atoms with Gasteiger partial charge in [-0.2, -0.15) is 0 Å². The fourth-order valence-corrected chi connectivity index (χ4v) is 7.24. The minimum atomic E-state index is -0.846. The number of hydrogen-bond acceptors (Lipinski definition) is 4. The van der Waals surface area contributed by atoms with Crippen LogP contribution in [0.2, 0.25) is 0 Å². The summed E-state index contributed by atoms with van der Waals surface area (Å²) in [4.78, 5) is 33.0. The number of fused-ring (bicyclic) bond motifs is 1. The zero-order chi connectivity index (χ0) is 30.3. The summed E-state index contributed by atoms with van der Waals surface area (Å²) in [5.74, 6) is -2.88. The van der Waals surface area contributed by atoms with Crippen LogP contribution in [0.4, 0.5) is 8.78 Å². The van der Waals surface area contributed by atoms with Gasteiger partial charge in [0.1, 0.15) is 17.7 Å². The number of likely N-dealkylation sites (tertiary alicyclic amines) is 1. The van der Waals surface area contributed by atoms with E-state index in [-0.39, 0.29) is 23.4 Å². The minimum Gasteiger partial charge on any atom is -0.480 e. The van der Waals surface area contributed by atoms with Gasteiger partial charge < -0.3 is 10.0 Å². The number of amides is 1. The second-order valence-electron chi connectivity index (χ2n) is 13.8. The van der Waals surface area contributed by atoms with Crippen molar-refractivity contribution in [3.8, 4) is 0 Å². The summed E-state index contributed by atoms with van der Waals surface area (Å²) in [5.41, 5.74) is 3.90. The Morgan fingerprint density at radius 1 is 0.976 bits per heavy atom. The highest BCUT2D eigenvalue weighted by Gasteiger charge is 2.47. The number of aryl methyl sites for hydroxylation is 2. The van der Waals surface area contributed by atoms with Gasteiger partial charge in [-0.3, -0.25) is 19.4 Å². The molecule has 0 bridgehead atoms. The lowest BCUT2D eigenvalue weighted by Gasteiger charge is -2.46. The molecule has 6 nitrogen and oxygen atoms in total. The van der Waals surface area contributed by atoms with E-state index in [1.807, 2.05) is 9.80 Å². The van der Waals surface area contributed by atoms with E-state index < -0.39 is 35.5 Å². The van der Waals surface area contributed by atoms with Gasteiger partial charge in [-0.1, -0.05) is 38.1 Å². The Morgan fingerprint density at radius 3 is 2.38 bits per heavy atom. The van der Waals surface area contributed by atoms with Crippen LogP contribution in [0.15, 0.2) is 36.4 Å². The first-order valence-electron chi connectivity index (χ1n) is 15.4. The van der Waals surface area contributed by atoms with E-state index in [0.29, 0.717) is 44.7 Å². The van der Waals surface area contributed by atoms with Crippen molar-refractivity contribution in [2.45, 2.75) is 83.8 Å². The fourth-order valence-electron chi connectivity index (χ4n) is 7.24. The molecular formula is C34H45F2N3O3. The van der Waals surface area contributed by atoms with Gasteiger partial charge in [0.15, 0.2) is 0 Å². The SMILES string of the molecule is CC(C)C1CN([C@@H](Cc2ccc3c(c2)CCC3)C(=O)O)CCN1C(=O)[C@@H]1CN(C(C)(C)C)C[C@H]1c1ccc(F)cc1F. The molecule has 2 heterocycles. The third-order valence-corrected chi connectivity index (χ3v) is 9.77. The van der Waals surface area contributed by atoms with Crippen LogP contribution in [0.5, 0.6) is 0 Å². The monoisotopic (exact) mass is 581 g/mol. The highest BCUT2D eigenvalue weighted by molar-refractivity contribution is 5.81. The van der Waals surface area contributed by atoms with Gasteiger partial charge >= 0.3 is 5.97 Å². The summed E-state index contributed by atoms with van der Waals surface area (Å²) in [5, 5.41) is 10.3. The number of nitrogens with zero attached hydrogens (tertiary/aromatic N) is 3. The molecule has 1 unspecified atom stereocenters. The number of carbonyl (C=O) groups excluding carboxylic acids is 1. The van der Waals surface area contributed by atoms with Crippen molar-refractivity contribution >= 4 is 11.9 Å². The molecule has 0 aromatic heterocycles. The molecule has 1 amide bonds. The zero-order valence-corrected chi connectivity index (χ0v) is 25.6. The average molecular weight is 582 g/mol. The summed E-state index contributed by atoms with van der Waals surface area (Å²) < 4.78 is 28.8. The van der Waals surface area contributed by atoms with Crippen molar-refractivity contribution in [2.24, 2.45) is 11.8 Å². The predicted molar refractivity (Wildman–Crippen MR) is 159 cm³/mol. The molecule has 2 aromatic rings. The average Bonchev–Trinajstić information content (AvgIpc) is 3.58. The lowest BCUT2D eigenvalue weighted by molar-refractivity contribution is -0.148. The largest absolute Gasteiger partial charge is 0.480 e. The van der Waals surface area contributed by atoms with Gasteiger partial charge in [-0.15, -0.1) is 0 Å². The lowest BCUT2D eigenvalue weighted by atomic mass is 9.86. The first-order valence-corrected chi connectivity index (χ1v) is 15.4. The Labute approximate surface area is 248 Å². The molecule has 42 heavy (non-hydrogen) atoms. The highest BCUT2D eigenvalue weighted by atomic mass is 19.1. The van der Waals surface area contributed by atoms with E-state index in [9.17, 15) is 19.1 Å². The number of rotatable bonds is 7. The van der Waals surface area contributed by atoms with Crippen molar-refractivity contribution in [1.82, 2.24) is 14.7 Å². The fraction of sp³-hybridized carbons (Fsp3) is 0.588. The molecule has 2 aromatic carbocycles. The maximum atomic E-state index is 15.0. The van der Waals surface area contributed by atoms with E-state index in [1.54, 1.807) is 0 Å². The molecule has 2 aliphatic heterocycles. The normalized spacial score (nSPS) is 24.3. The molecular weight excluding hydrogens is 536 g/mol. The molecule has 0 saturated carbocycles. The van der Waals surface area contributed by atoms with Gasteiger partial charge in [0.05, 0.1) is 5.92 Å². The topological polar surface area (TPSA) is 64.1 Å². The standard InChI is InChI=1S/C34H45F2N3O3/c1-21(2)31-20-37(30(33(41)42)16-22-9-10-23-7-6-8-24(23)15-22)13-14-39(31)32(40)28-19-38(34(3,4)5)18-27(28)26-12-11-25(35)17-29(26)36/h9-12,15,17,21,27-28,30-31H,6-8,13-14,16,18-20H2,1-5H3,(H,41,42)/t27-,28+,30-,31?/m0/s1. The molecule has 0 spiro atoms. The maximum absolute atomic E-state index is 15.0. The number of aliphatic carboxylic acids is 1. The number of hydrogen-bond donors (Lipinski definition) is 1. The van der Waals surface area contributed by atoms with Crippen LogP contribution in [0.3, 0.4) is 0 Å². The number of halogens is 2. The van der Waals surface area contributed by atoms with Crippen LogP contribution in [-0.4, -0.2) is 82.0 Å². The Hall–Kier alpha value is -2.84. The molecule has 1 aliphatic carbocycles. The number of carboxylic acids is 1. The summed E-state index contributed by atoms with van der Waals surface area (Å²) in [7, 11) is 0. The first kappa shape index (κ1) is 30.6. The second kappa shape index (κ2) is 12.0. The van der Waals surface area contributed by atoms with Gasteiger partial charge in [0, 0.05) is 56.3 Å². The number of benzene rings is 2. The van der Waals surface area contributed by atoms with Crippen LogP contribution in [0.1, 0.15) is 69.2 Å². The lowest BCUT2D eigenvalue weighted by Crippen LogP contribution is -2.62. The third-order valence-electron chi connectivity index (χ3n) is 9.77. The van der Waals surface area contributed by atoms with Crippen molar-refractivity contribution < 1.29 is 23.5 Å². The van der Waals surface area contributed by atoms with E-state index in [2.05, 4.69) is 57.7 Å². The van der Waals surface area contributed by atoms with Crippen molar-refractivity contribution in [3.63, 3.8) is 0 Å². The Kier molecular flexibility index (Phi) is 8.77. The predicted octanol–water partition coefficient (Wildman–Crippen LogP) is 5.13. The molecule has 228 valence electrons. The molecule has 4 atom stereocenters. The van der Waals surface area contributed by atoms with Crippen LogP contribution < -0.4 is 0 Å². The van der Waals surface area contributed by atoms with Gasteiger partial charge in [0.2, 0.25) is 5.91 Å². The molecule has 8 heteroatoms. The van der Waals surface area contributed by atoms with Crippen LogP contribution in [0, 0.1) is 23.5 Å². The summed E-state index contributed by atoms with van der Waals surface area (Å²) >= 11 is 0. The zero-order valence-electron chi connectivity index (χ0n) is 25.6. The highest BCUT2D eigenvalue weighted by Crippen LogP contribution is 2.39. The third kappa shape index (κ3) is 6.25. The Balaban J connectivity index is 1.37.